The van der Waals surface area contributed by atoms with Gasteiger partial charge in [0.2, 0.25) is 0 Å². The van der Waals surface area contributed by atoms with Gasteiger partial charge in [0.15, 0.2) is 12.4 Å². The summed E-state index contributed by atoms with van der Waals surface area (Å²) < 4.78 is 5.66. The first-order valence-corrected chi connectivity index (χ1v) is 10.3. The van der Waals surface area contributed by atoms with E-state index in [9.17, 15) is 4.79 Å². The molecule has 1 aromatic heterocycles. The molecule has 6 nitrogen and oxygen atoms in total. The van der Waals surface area contributed by atoms with E-state index < -0.39 is 0 Å². The minimum atomic E-state index is -0.206. The number of benzene rings is 2. The monoisotopic (exact) mass is 402 g/mol. The van der Waals surface area contributed by atoms with Gasteiger partial charge in [-0.15, -0.1) is 10.2 Å². The quantitative estimate of drug-likeness (QED) is 0.663. The van der Waals surface area contributed by atoms with Gasteiger partial charge in [-0.1, -0.05) is 29.8 Å². The molecule has 3 aromatic rings. The molecule has 1 aliphatic rings. The summed E-state index contributed by atoms with van der Waals surface area (Å²) in [7, 11) is 0. The molecule has 2 heterocycles. The van der Waals surface area contributed by atoms with Crippen LogP contribution in [0.15, 0.2) is 54.6 Å². The Balaban J connectivity index is 1.38. The molecule has 0 bridgehead atoms. The highest BCUT2D eigenvalue weighted by molar-refractivity contribution is 5.92. The second kappa shape index (κ2) is 8.95. The lowest BCUT2D eigenvalue weighted by atomic mass is 10.1. The fourth-order valence-electron chi connectivity index (χ4n) is 3.65. The van der Waals surface area contributed by atoms with Crippen LogP contribution in [0, 0.1) is 13.8 Å². The number of carbonyl (C=O) groups excluding carboxylic acids is 1. The second-order valence-electron chi connectivity index (χ2n) is 7.66. The lowest BCUT2D eigenvalue weighted by Gasteiger charge is -2.15. The van der Waals surface area contributed by atoms with Crippen molar-refractivity contribution in [2.24, 2.45) is 0 Å². The number of nitrogens with one attached hydrogen (secondary N) is 1. The van der Waals surface area contributed by atoms with Gasteiger partial charge in [0, 0.05) is 24.3 Å². The zero-order chi connectivity index (χ0) is 20.9. The largest absolute Gasteiger partial charge is 0.483 e. The summed E-state index contributed by atoms with van der Waals surface area (Å²) in [5, 5.41) is 11.6. The molecule has 1 saturated heterocycles. The number of hydrogen-bond acceptors (Lipinski definition) is 5. The molecule has 0 unspecified atom stereocenters. The maximum Gasteiger partial charge on any atom is 0.262 e. The molecule has 0 atom stereocenters. The number of rotatable bonds is 6. The van der Waals surface area contributed by atoms with Crippen LogP contribution in [0.4, 0.5) is 11.5 Å². The molecule has 154 valence electrons. The second-order valence-corrected chi connectivity index (χ2v) is 7.66. The number of aryl methyl sites for hydroxylation is 2. The van der Waals surface area contributed by atoms with E-state index in [1.54, 1.807) is 0 Å². The lowest BCUT2D eigenvalue weighted by molar-refractivity contribution is -0.118. The molecular formula is C24H26N4O2. The van der Waals surface area contributed by atoms with E-state index in [1.807, 2.05) is 68.4 Å². The van der Waals surface area contributed by atoms with E-state index in [0.717, 1.165) is 47.0 Å². The van der Waals surface area contributed by atoms with Gasteiger partial charge in [-0.05, 0) is 62.6 Å². The van der Waals surface area contributed by atoms with Crippen molar-refractivity contribution in [3.05, 3.63) is 65.7 Å². The van der Waals surface area contributed by atoms with Gasteiger partial charge in [-0.3, -0.25) is 4.79 Å². The first-order chi connectivity index (χ1) is 14.6. The summed E-state index contributed by atoms with van der Waals surface area (Å²) >= 11 is 0. The molecule has 0 aliphatic carbocycles. The van der Waals surface area contributed by atoms with Gasteiger partial charge in [0.25, 0.3) is 5.91 Å². The highest BCUT2D eigenvalue weighted by Crippen LogP contribution is 2.23. The smallest absolute Gasteiger partial charge is 0.262 e. The summed E-state index contributed by atoms with van der Waals surface area (Å²) in [6, 6.07) is 17.5. The molecule has 0 spiro atoms. The number of nitrogens with zero attached hydrogens (tertiary/aromatic N) is 3. The number of anilines is 2. The fourth-order valence-corrected chi connectivity index (χ4v) is 3.65. The molecular weight excluding hydrogens is 376 g/mol. The summed E-state index contributed by atoms with van der Waals surface area (Å²) in [6.45, 7) is 6.04. The number of ether oxygens (including phenoxy) is 1. The van der Waals surface area contributed by atoms with Gasteiger partial charge >= 0.3 is 0 Å². The lowest BCUT2D eigenvalue weighted by Crippen LogP contribution is -2.20. The van der Waals surface area contributed by atoms with Gasteiger partial charge in [-0.2, -0.15) is 0 Å². The standard InChI is InChI=1S/C24H26N4O2/c1-17-8-10-22(18(2)14-17)30-16-24(29)25-20-7-5-6-19(15-20)21-9-11-23(27-26-21)28-12-3-4-13-28/h5-11,14-15H,3-4,12-13,16H2,1-2H3,(H,25,29). The summed E-state index contributed by atoms with van der Waals surface area (Å²) in [6.07, 6.45) is 2.41. The Morgan fingerprint density at radius 3 is 2.60 bits per heavy atom. The van der Waals surface area contributed by atoms with Crippen molar-refractivity contribution in [3.63, 3.8) is 0 Å². The van der Waals surface area contributed by atoms with Crippen LogP contribution in [0.25, 0.3) is 11.3 Å². The van der Waals surface area contributed by atoms with E-state index in [2.05, 4.69) is 20.4 Å². The number of amides is 1. The molecule has 1 amide bonds. The summed E-state index contributed by atoms with van der Waals surface area (Å²) in [5.41, 5.74) is 4.56. The fraction of sp³-hybridized carbons (Fsp3) is 0.292. The predicted molar refractivity (Wildman–Crippen MR) is 119 cm³/mol. The minimum Gasteiger partial charge on any atom is -0.483 e. The van der Waals surface area contributed by atoms with Crippen molar-refractivity contribution in [3.8, 4) is 17.0 Å². The Hall–Kier alpha value is -3.41. The van der Waals surface area contributed by atoms with Crippen molar-refractivity contribution in [1.29, 1.82) is 0 Å². The third-order valence-electron chi connectivity index (χ3n) is 5.21. The average molecular weight is 402 g/mol. The Kier molecular flexibility index (Phi) is 5.93. The minimum absolute atomic E-state index is 0.0432. The molecule has 0 radical (unpaired) electrons. The summed E-state index contributed by atoms with van der Waals surface area (Å²) in [5.74, 6) is 1.43. The molecule has 1 fully saturated rings. The van der Waals surface area contributed by atoms with Crippen molar-refractivity contribution < 1.29 is 9.53 Å². The third kappa shape index (κ3) is 4.76. The molecule has 2 aromatic carbocycles. The van der Waals surface area contributed by atoms with Gasteiger partial charge in [0.05, 0.1) is 5.69 Å². The average Bonchev–Trinajstić information content (AvgIpc) is 3.28. The SMILES string of the molecule is Cc1ccc(OCC(=O)Nc2cccc(-c3ccc(N4CCCC4)nn3)c2)c(C)c1. The van der Waals surface area contributed by atoms with E-state index >= 15 is 0 Å². The topological polar surface area (TPSA) is 67.3 Å². The van der Waals surface area contributed by atoms with Crippen LogP contribution in [0.1, 0.15) is 24.0 Å². The molecule has 6 heteroatoms. The van der Waals surface area contributed by atoms with E-state index in [-0.39, 0.29) is 12.5 Å². The molecule has 4 rings (SSSR count). The van der Waals surface area contributed by atoms with Crippen LogP contribution in [-0.2, 0) is 4.79 Å². The van der Waals surface area contributed by atoms with Crippen LogP contribution in [0.3, 0.4) is 0 Å². The zero-order valence-corrected chi connectivity index (χ0v) is 17.4. The van der Waals surface area contributed by atoms with Gasteiger partial charge in [0.1, 0.15) is 5.75 Å². The normalized spacial score (nSPS) is 13.3. The highest BCUT2D eigenvalue weighted by Gasteiger charge is 2.14. The molecule has 1 aliphatic heterocycles. The Bertz CT molecular complexity index is 1030. The van der Waals surface area contributed by atoms with Gasteiger partial charge in [-0.25, -0.2) is 0 Å². The van der Waals surface area contributed by atoms with Crippen LogP contribution < -0.4 is 15.0 Å². The Labute approximate surface area is 176 Å². The van der Waals surface area contributed by atoms with Crippen LogP contribution in [-0.4, -0.2) is 35.8 Å². The maximum absolute atomic E-state index is 12.3. The van der Waals surface area contributed by atoms with Crippen LogP contribution in [0.2, 0.25) is 0 Å². The number of hydrogen-bond donors (Lipinski definition) is 1. The molecule has 1 N–H and O–H groups in total. The first-order valence-electron chi connectivity index (χ1n) is 10.3. The zero-order valence-electron chi connectivity index (χ0n) is 17.4. The van der Waals surface area contributed by atoms with Crippen molar-refractivity contribution in [2.75, 3.05) is 29.9 Å². The van der Waals surface area contributed by atoms with Crippen molar-refractivity contribution in [1.82, 2.24) is 10.2 Å². The third-order valence-corrected chi connectivity index (χ3v) is 5.21. The number of aromatic nitrogens is 2. The van der Waals surface area contributed by atoms with E-state index in [1.165, 1.54) is 12.8 Å². The van der Waals surface area contributed by atoms with Gasteiger partial charge < -0.3 is 15.0 Å². The highest BCUT2D eigenvalue weighted by atomic mass is 16.5. The van der Waals surface area contributed by atoms with Crippen molar-refractivity contribution >= 4 is 17.4 Å². The van der Waals surface area contributed by atoms with E-state index in [0.29, 0.717) is 5.69 Å². The van der Waals surface area contributed by atoms with Crippen molar-refractivity contribution in [2.45, 2.75) is 26.7 Å². The predicted octanol–water partition coefficient (Wildman–Crippen LogP) is 4.38. The maximum atomic E-state index is 12.3. The Morgan fingerprint density at radius 1 is 1.03 bits per heavy atom. The number of carbonyl (C=O) groups is 1. The van der Waals surface area contributed by atoms with Crippen LogP contribution in [0.5, 0.6) is 5.75 Å². The Morgan fingerprint density at radius 2 is 1.87 bits per heavy atom. The van der Waals surface area contributed by atoms with Crippen LogP contribution >= 0.6 is 0 Å². The van der Waals surface area contributed by atoms with E-state index in [4.69, 9.17) is 4.74 Å². The summed E-state index contributed by atoms with van der Waals surface area (Å²) in [4.78, 5) is 14.6. The molecule has 30 heavy (non-hydrogen) atoms. The first kappa shape index (κ1) is 19.9. The molecule has 0 saturated carbocycles.